The lowest BCUT2D eigenvalue weighted by atomic mass is 9.83. The van der Waals surface area contributed by atoms with Gasteiger partial charge in [-0.25, -0.2) is 4.98 Å². The number of halogens is 1. The molecule has 1 aromatic heterocycles. The van der Waals surface area contributed by atoms with E-state index in [0.717, 1.165) is 29.7 Å². The predicted octanol–water partition coefficient (Wildman–Crippen LogP) is 4.91. The minimum absolute atomic E-state index is 0.497. The Morgan fingerprint density at radius 3 is 2.70 bits per heavy atom. The molecule has 108 valence electrons. The Morgan fingerprint density at radius 1 is 1.25 bits per heavy atom. The van der Waals surface area contributed by atoms with Crippen LogP contribution in [0.3, 0.4) is 0 Å². The van der Waals surface area contributed by atoms with Gasteiger partial charge in [-0.3, -0.25) is 0 Å². The van der Waals surface area contributed by atoms with E-state index < -0.39 is 0 Å². The molecule has 0 N–H and O–H groups in total. The van der Waals surface area contributed by atoms with Crippen LogP contribution in [0.1, 0.15) is 44.0 Å². The molecule has 1 fully saturated rings. The maximum Gasteiger partial charge on any atom is 0.124 e. The average Bonchev–Trinajstić information content (AvgIpc) is 2.79. The standard InChI is InChI=1S/C17H23ClN2/c1-12-3-6-14(7-4-12)11-20-16-9-13(2)5-8-15(16)19-17(20)10-18/h5,8-9,12,14H,3-4,6-7,10-11H2,1-2H3. The fourth-order valence-corrected chi connectivity index (χ4v) is 3.56. The minimum atomic E-state index is 0.497. The van der Waals surface area contributed by atoms with E-state index in [2.05, 4.69) is 41.6 Å². The Bertz CT molecular complexity index is 594. The average molecular weight is 291 g/mol. The van der Waals surface area contributed by atoms with Gasteiger partial charge in [-0.2, -0.15) is 0 Å². The molecule has 20 heavy (non-hydrogen) atoms. The number of alkyl halides is 1. The first-order valence-corrected chi connectivity index (χ1v) is 8.22. The van der Waals surface area contributed by atoms with Gasteiger partial charge in [-0.15, -0.1) is 11.6 Å². The van der Waals surface area contributed by atoms with Crippen LogP contribution in [0, 0.1) is 18.8 Å². The molecule has 0 saturated heterocycles. The molecule has 1 saturated carbocycles. The summed E-state index contributed by atoms with van der Waals surface area (Å²) in [5.74, 6) is 3.20. The number of rotatable bonds is 3. The maximum atomic E-state index is 6.10. The van der Waals surface area contributed by atoms with Crippen LogP contribution >= 0.6 is 11.6 Å². The molecule has 0 amide bonds. The topological polar surface area (TPSA) is 17.8 Å². The predicted molar refractivity (Wildman–Crippen MR) is 85.1 cm³/mol. The van der Waals surface area contributed by atoms with Crippen LogP contribution in [0.25, 0.3) is 11.0 Å². The molecule has 0 bridgehead atoms. The first-order chi connectivity index (χ1) is 9.67. The lowest BCUT2D eigenvalue weighted by Gasteiger charge is -2.27. The second-order valence-electron chi connectivity index (χ2n) is 6.39. The van der Waals surface area contributed by atoms with Gasteiger partial charge in [0.1, 0.15) is 5.82 Å². The highest BCUT2D eigenvalue weighted by atomic mass is 35.5. The smallest absolute Gasteiger partial charge is 0.124 e. The highest BCUT2D eigenvalue weighted by Crippen LogP contribution is 2.31. The zero-order valence-electron chi connectivity index (χ0n) is 12.4. The first-order valence-electron chi connectivity index (χ1n) is 7.69. The summed E-state index contributed by atoms with van der Waals surface area (Å²) in [7, 11) is 0. The van der Waals surface area contributed by atoms with E-state index in [4.69, 9.17) is 11.6 Å². The third-order valence-electron chi connectivity index (χ3n) is 4.68. The van der Waals surface area contributed by atoms with E-state index in [0.29, 0.717) is 5.88 Å². The summed E-state index contributed by atoms with van der Waals surface area (Å²) in [6.45, 7) is 5.59. The summed E-state index contributed by atoms with van der Waals surface area (Å²) in [6, 6.07) is 6.48. The normalized spacial score (nSPS) is 23.4. The number of hydrogen-bond donors (Lipinski definition) is 0. The van der Waals surface area contributed by atoms with Gasteiger partial charge in [0.25, 0.3) is 0 Å². The lowest BCUT2D eigenvalue weighted by Crippen LogP contribution is -2.18. The number of benzene rings is 1. The van der Waals surface area contributed by atoms with Gasteiger partial charge in [0.05, 0.1) is 16.9 Å². The van der Waals surface area contributed by atoms with E-state index in [1.807, 2.05) is 0 Å². The van der Waals surface area contributed by atoms with E-state index in [9.17, 15) is 0 Å². The Balaban J connectivity index is 1.91. The van der Waals surface area contributed by atoms with Crippen LogP contribution in [-0.4, -0.2) is 9.55 Å². The SMILES string of the molecule is Cc1ccc2nc(CCl)n(CC3CCC(C)CC3)c2c1. The second-order valence-corrected chi connectivity index (χ2v) is 6.66. The number of nitrogens with zero attached hydrogens (tertiary/aromatic N) is 2. The van der Waals surface area contributed by atoms with Crippen molar-refractivity contribution in [2.24, 2.45) is 11.8 Å². The number of fused-ring (bicyclic) bond motifs is 1. The summed E-state index contributed by atoms with van der Waals surface area (Å²) in [4.78, 5) is 4.68. The molecule has 0 spiro atoms. The van der Waals surface area contributed by atoms with Crippen molar-refractivity contribution in [3.63, 3.8) is 0 Å². The fourth-order valence-electron chi connectivity index (χ4n) is 3.36. The molecule has 0 unspecified atom stereocenters. The quantitative estimate of drug-likeness (QED) is 0.734. The van der Waals surface area contributed by atoms with Crippen LogP contribution in [0.15, 0.2) is 18.2 Å². The Hall–Kier alpha value is -1.02. The Morgan fingerprint density at radius 2 is 2.00 bits per heavy atom. The van der Waals surface area contributed by atoms with Crippen molar-refractivity contribution in [1.29, 1.82) is 0 Å². The van der Waals surface area contributed by atoms with E-state index in [1.165, 1.54) is 36.8 Å². The largest absolute Gasteiger partial charge is 0.327 e. The van der Waals surface area contributed by atoms with Crippen molar-refractivity contribution >= 4 is 22.6 Å². The number of hydrogen-bond acceptors (Lipinski definition) is 1. The molecule has 1 aliphatic rings. The zero-order valence-corrected chi connectivity index (χ0v) is 13.2. The van der Waals surface area contributed by atoms with Crippen molar-refractivity contribution in [2.75, 3.05) is 0 Å². The Labute approximate surface area is 126 Å². The van der Waals surface area contributed by atoms with Gasteiger partial charge in [-0.1, -0.05) is 25.8 Å². The van der Waals surface area contributed by atoms with Gasteiger partial charge in [-0.05, 0) is 49.3 Å². The third kappa shape index (κ3) is 2.71. The molecule has 0 aliphatic heterocycles. The molecule has 3 heteroatoms. The summed E-state index contributed by atoms with van der Waals surface area (Å²) in [5.41, 5.74) is 3.62. The van der Waals surface area contributed by atoms with E-state index in [-0.39, 0.29) is 0 Å². The number of imidazole rings is 1. The Kier molecular flexibility index (Phi) is 4.02. The highest BCUT2D eigenvalue weighted by Gasteiger charge is 2.20. The fraction of sp³-hybridized carbons (Fsp3) is 0.588. The van der Waals surface area contributed by atoms with E-state index >= 15 is 0 Å². The minimum Gasteiger partial charge on any atom is -0.327 e. The van der Waals surface area contributed by atoms with Crippen LogP contribution < -0.4 is 0 Å². The maximum absolute atomic E-state index is 6.10. The molecular weight excluding hydrogens is 268 g/mol. The summed E-state index contributed by atoms with van der Waals surface area (Å²) < 4.78 is 2.36. The third-order valence-corrected chi connectivity index (χ3v) is 4.92. The molecule has 0 atom stereocenters. The molecule has 2 nitrogen and oxygen atoms in total. The van der Waals surface area contributed by atoms with E-state index in [1.54, 1.807) is 0 Å². The summed E-state index contributed by atoms with van der Waals surface area (Å²) in [6.07, 6.45) is 5.42. The van der Waals surface area contributed by atoms with Crippen LogP contribution in [0.4, 0.5) is 0 Å². The van der Waals surface area contributed by atoms with Gasteiger partial charge in [0.15, 0.2) is 0 Å². The van der Waals surface area contributed by atoms with Crippen LogP contribution in [-0.2, 0) is 12.4 Å². The first kappa shape index (κ1) is 13.9. The van der Waals surface area contributed by atoms with Crippen LogP contribution in [0.5, 0.6) is 0 Å². The molecule has 1 aromatic carbocycles. The van der Waals surface area contributed by atoms with Crippen LogP contribution in [0.2, 0.25) is 0 Å². The zero-order chi connectivity index (χ0) is 14.1. The number of aryl methyl sites for hydroxylation is 1. The molecule has 0 radical (unpaired) electrons. The molecule has 1 aliphatic carbocycles. The van der Waals surface area contributed by atoms with Crippen molar-refractivity contribution < 1.29 is 0 Å². The number of aromatic nitrogens is 2. The van der Waals surface area contributed by atoms with Gasteiger partial charge in [0, 0.05) is 6.54 Å². The van der Waals surface area contributed by atoms with Crippen molar-refractivity contribution in [2.45, 2.75) is 52.0 Å². The van der Waals surface area contributed by atoms with Gasteiger partial charge in [0.2, 0.25) is 0 Å². The second kappa shape index (κ2) is 5.77. The summed E-state index contributed by atoms with van der Waals surface area (Å²) >= 11 is 6.10. The lowest BCUT2D eigenvalue weighted by molar-refractivity contribution is 0.265. The molecule has 2 aromatic rings. The van der Waals surface area contributed by atoms with Crippen molar-refractivity contribution in [1.82, 2.24) is 9.55 Å². The van der Waals surface area contributed by atoms with Gasteiger partial charge < -0.3 is 4.57 Å². The van der Waals surface area contributed by atoms with Crippen molar-refractivity contribution in [3.8, 4) is 0 Å². The molecular formula is C17H23ClN2. The summed E-state index contributed by atoms with van der Waals surface area (Å²) in [5, 5.41) is 0. The molecule has 3 rings (SSSR count). The highest BCUT2D eigenvalue weighted by molar-refractivity contribution is 6.16. The van der Waals surface area contributed by atoms with Crippen molar-refractivity contribution in [3.05, 3.63) is 29.6 Å². The van der Waals surface area contributed by atoms with Gasteiger partial charge >= 0.3 is 0 Å². The monoisotopic (exact) mass is 290 g/mol. The molecule has 1 heterocycles.